The first kappa shape index (κ1) is 9.92. The Labute approximate surface area is 72.8 Å². The molecule has 0 aromatic rings. The molecule has 0 aliphatic heterocycles. The van der Waals surface area contributed by atoms with Crippen molar-refractivity contribution >= 4 is 0 Å². The monoisotopic (exact) mass is 174 g/mol. The van der Waals surface area contributed by atoms with Crippen LogP contribution in [0.5, 0.6) is 0 Å². The van der Waals surface area contributed by atoms with Crippen LogP contribution in [0.4, 0.5) is 0 Å². The Hall–Kier alpha value is -0.160. The van der Waals surface area contributed by atoms with Crippen molar-refractivity contribution in [2.75, 3.05) is 7.05 Å². The molecule has 1 aliphatic carbocycles. The predicted molar refractivity (Wildman–Crippen MR) is 46.5 cm³/mol. The van der Waals surface area contributed by atoms with Crippen LogP contribution in [0, 0.1) is 0 Å². The van der Waals surface area contributed by atoms with E-state index >= 15 is 0 Å². The van der Waals surface area contributed by atoms with Crippen LogP contribution >= 0.6 is 0 Å². The second-order valence-corrected chi connectivity index (χ2v) is 3.57. The number of likely N-dealkylation sites (N-methyl/N-ethyl adjacent to an activating group) is 1. The molecule has 1 saturated carbocycles. The fourth-order valence-corrected chi connectivity index (χ4v) is 1.78. The van der Waals surface area contributed by atoms with Crippen molar-refractivity contribution in [2.24, 2.45) is 5.73 Å². The summed E-state index contributed by atoms with van der Waals surface area (Å²) >= 11 is 0. The normalized spacial score (nSPS) is 27.0. The molecule has 0 spiro atoms. The van der Waals surface area contributed by atoms with Gasteiger partial charge in [0, 0.05) is 0 Å². The average Bonchev–Trinajstić information content (AvgIpc) is 2.50. The van der Waals surface area contributed by atoms with Gasteiger partial charge in [-0.2, -0.15) is 0 Å². The van der Waals surface area contributed by atoms with Crippen LogP contribution in [-0.2, 0) is 0 Å². The maximum absolute atomic E-state index is 9.89. The van der Waals surface area contributed by atoms with E-state index in [9.17, 15) is 10.2 Å². The molecule has 0 bridgehead atoms. The lowest BCUT2D eigenvalue weighted by molar-refractivity contribution is -0.0836. The lowest BCUT2D eigenvalue weighted by atomic mass is 9.93. The van der Waals surface area contributed by atoms with E-state index in [1.807, 2.05) is 0 Å². The van der Waals surface area contributed by atoms with E-state index in [0.29, 0.717) is 12.8 Å². The molecule has 4 nitrogen and oxygen atoms in total. The molecule has 0 aromatic carbocycles. The van der Waals surface area contributed by atoms with E-state index in [4.69, 9.17) is 5.73 Å². The van der Waals surface area contributed by atoms with Crippen molar-refractivity contribution < 1.29 is 10.2 Å². The third kappa shape index (κ3) is 1.77. The number of aliphatic hydroxyl groups excluding tert-OH is 1. The van der Waals surface area contributed by atoms with E-state index in [0.717, 1.165) is 12.8 Å². The molecule has 4 heteroatoms. The molecule has 0 saturated heterocycles. The molecule has 2 unspecified atom stereocenters. The highest BCUT2D eigenvalue weighted by Gasteiger charge is 2.40. The van der Waals surface area contributed by atoms with Crippen molar-refractivity contribution in [2.45, 2.75) is 43.6 Å². The molecule has 5 N–H and O–H groups in total. The average molecular weight is 174 g/mol. The van der Waals surface area contributed by atoms with Crippen molar-refractivity contribution in [1.82, 2.24) is 5.32 Å². The van der Waals surface area contributed by atoms with Gasteiger partial charge < -0.3 is 21.3 Å². The van der Waals surface area contributed by atoms with E-state index in [1.165, 1.54) is 0 Å². The molecule has 1 aliphatic rings. The molecule has 1 rings (SSSR count). The Kier molecular flexibility index (Phi) is 3.06. The SMILES string of the molecule is CNC(N)C(O)C1(O)CCCC1. The molecule has 1 fully saturated rings. The van der Waals surface area contributed by atoms with Crippen LogP contribution in [-0.4, -0.2) is 35.1 Å². The highest BCUT2D eigenvalue weighted by atomic mass is 16.3. The fourth-order valence-electron chi connectivity index (χ4n) is 1.78. The van der Waals surface area contributed by atoms with Crippen LogP contribution < -0.4 is 11.1 Å². The first-order valence-corrected chi connectivity index (χ1v) is 4.43. The third-order valence-electron chi connectivity index (χ3n) is 2.69. The number of hydrogen-bond donors (Lipinski definition) is 4. The topological polar surface area (TPSA) is 78.5 Å². The smallest absolute Gasteiger partial charge is 0.111 e. The number of rotatable bonds is 3. The Balaban J connectivity index is 2.54. The predicted octanol–water partition coefficient (Wildman–Crippen LogP) is -0.843. The number of aliphatic hydroxyl groups is 2. The van der Waals surface area contributed by atoms with Gasteiger partial charge in [0.05, 0.1) is 11.8 Å². The summed E-state index contributed by atoms with van der Waals surface area (Å²) in [6.45, 7) is 0. The highest BCUT2D eigenvalue weighted by molar-refractivity contribution is 4.94. The summed E-state index contributed by atoms with van der Waals surface area (Å²) < 4.78 is 0. The number of nitrogens with one attached hydrogen (secondary N) is 1. The van der Waals surface area contributed by atoms with Crippen LogP contribution in [0.25, 0.3) is 0 Å². The molecule has 72 valence electrons. The summed E-state index contributed by atoms with van der Waals surface area (Å²) in [6.07, 6.45) is 1.87. The van der Waals surface area contributed by atoms with Crippen molar-refractivity contribution in [3.63, 3.8) is 0 Å². The molecular weight excluding hydrogens is 156 g/mol. The van der Waals surface area contributed by atoms with Crippen molar-refractivity contribution in [1.29, 1.82) is 0 Å². The fraction of sp³-hybridized carbons (Fsp3) is 1.00. The lowest BCUT2D eigenvalue weighted by Crippen LogP contribution is -2.56. The van der Waals surface area contributed by atoms with Gasteiger partial charge in [-0.3, -0.25) is 0 Å². The van der Waals surface area contributed by atoms with Gasteiger partial charge in [0.2, 0.25) is 0 Å². The molecular formula is C8H18N2O2. The van der Waals surface area contributed by atoms with E-state index in [1.54, 1.807) is 7.05 Å². The minimum atomic E-state index is -0.956. The van der Waals surface area contributed by atoms with Gasteiger partial charge in [0.25, 0.3) is 0 Å². The maximum Gasteiger partial charge on any atom is 0.111 e. The summed E-state index contributed by atoms with van der Waals surface area (Å²) in [5, 5.41) is 22.3. The Morgan fingerprint density at radius 3 is 2.33 bits per heavy atom. The number of hydrogen-bond acceptors (Lipinski definition) is 4. The third-order valence-corrected chi connectivity index (χ3v) is 2.69. The zero-order chi connectivity index (χ0) is 9.19. The van der Waals surface area contributed by atoms with Crippen molar-refractivity contribution in [3.05, 3.63) is 0 Å². The Morgan fingerprint density at radius 2 is 1.92 bits per heavy atom. The van der Waals surface area contributed by atoms with Crippen LogP contribution in [0.2, 0.25) is 0 Å². The Bertz CT molecular complexity index is 146. The lowest BCUT2D eigenvalue weighted by Gasteiger charge is -2.32. The molecule has 0 amide bonds. The summed E-state index contributed by atoms with van der Waals surface area (Å²) in [4.78, 5) is 0. The molecule has 0 aromatic heterocycles. The standard InChI is InChI=1S/C8H18N2O2/c1-10-7(9)6(11)8(12)4-2-3-5-8/h6-7,10-12H,2-5,9H2,1H3. The van der Waals surface area contributed by atoms with Gasteiger partial charge in [0.15, 0.2) is 0 Å². The molecule has 12 heavy (non-hydrogen) atoms. The number of nitrogens with two attached hydrogens (primary N) is 1. The first-order valence-electron chi connectivity index (χ1n) is 4.43. The van der Waals surface area contributed by atoms with Crippen LogP contribution in [0.1, 0.15) is 25.7 Å². The zero-order valence-electron chi connectivity index (χ0n) is 7.45. The minimum Gasteiger partial charge on any atom is -0.387 e. The van der Waals surface area contributed by atoms with E-state index in [-0.39, 0.29) is 0 Å². The van der Waals surface area contributed by atoms with E-state index < -0.39 is 17.9 Å². The largest absolute Gasteiger partial charge is 0.387 e. The molecule has 0 radical (unpaired) electrons. The van der Waals surface area contributed by atoms with Gasteiger partial charge in [-0.05, 0) is 19.9 Å². The highest BCUT2D eigenvalue weighted by Crippen LogP contribution is 2.32. The van der Waals surface area contributed by atoms with Crippen LogP contribution in [0.15, 0.2) is 0 Å². The molecule has 0 heterocycles. The summed E-state index contributed by atoms with van der Waals surface area (Å²) in [5.74, 6) is 0. The molecule has 2 atom stereocenters. The van der Waals surface area contributed by atoms with Gasteiger partial charge in [-0.1, -0.05) is 12.8 Å². The summed E-state index contributed by atoms with van der Waals surface area (Å²) in [7, 11) is 1.67. The van der Waals surface area contributed by atoms with Gasteiger partial charge >= 0.3 is 0 Å². The van der Waals surface area contributed by atoms with Crippen molar-refractivity contribution in [3.8, 4) is 0 Å². The zero-order valence-corrected chi connectivity index (χ0v) is 7.45. The quantitative estimate of drug-likeness (QED) is 0.421. The van der Waals surface area contributed by atoms with Crippen LogP contribution in [0.3, 0.4) is 0 Å². The van der Waals surface area contributed by atoms with Gasteiger partial charge in [-0.25, -0.2) is 0 Å². The maximum atomic E-state index is 9.89. The summed E-state index contributed by atoms with van der Waals surface area (Å²) in [5.41, 5.74) is 4.60. The second kappa shape index (κ2) is 3.70. The Morgan fingerprint density at radius 1 is 1.42 bits per heavy atom. The van der Waals surface area contributed by atoms with Gasteiger partial charge in [-0.15, -0.1) is 0 Å². The minimum absolute atomic E-state index is 0.534. The summed E-state index contributed by atoms with van der Waals surface area (Å²) in [6, 6.07) is 0. The second-order valence-electron chi connectivity index (χ2n) is 3.57. The van der Waals surface area contributed by atoms with E-state index in [2.05, 4.69) is 5.32 Å². The first-order chi connectivity index (χ1) is 5.60. The van der Waals surface area contributed by atoms with Gasteiger partial charge in [0.1, 0.15) is 6.10 Å².